The van der Waals surface area contributed by atoms with Crippen LogP contribution in [0.4, 0.5) is 20.6 Å². The molecule has 2 aromatic heterocycles. The molecule has 0 aliphatic carbocycles. The Balaban J connectivity index is 1.64. The van der Waals surface area contributed by atoms with Crippen LogP contribution in [0.1, 0.15) is 10.5 Å². The number of halogens is 1. The van der Waals surface area contributed by atoms with Crippen molar-refractivity contribution >= 4 is 34.2 Å². The lowest BCUT2D eigenvalue weighted by Crippen LogP contribution is -2.27. The molecular weight excluding hydrogens is 399 g/mol. The van der Waals surface area contributed by atoms with E-state index < -0.39 is 11.7 Å². The molecule has 0 fully saturated rings. The molecule has 2 heterocycles. The highest BCUT2D eigenvalue weighted by Crippen LogP contribution is 2.27. The second-order valence-electron chi connectivity index (χ2n) is 7.08. The third-order valence-electron chi connectivity index (χ3n) is 4.59. The number of hydrogen-bond acceptors (Lipinski definition) is 4. The maximum atomic E-state index is 13.4. The zero-order chi connectivity index (χ0) is 22.0. The number of rotatable bonds is 4. The van der Waals surface area contributed by atoms with Crippen LogP contribution in [0.2, 0.25) is 0 Å². The van der Waals surface area contributed by atoms with Gasteiger partial charge in [-0.15, -0.1) is 0 Å². The van der Waals surface area contributed by atoms with Crippen LogP contribution in [0.3, 0.4) is 0 Å². The van der Waals surface area contributed by atoms with Crippen LogP contribution in [0.15, 0.2) is 60.9 Å². The van der Waals surface area contributed by atoms with Crippen molar-refractivity contribution < 1.29 is 14.0 Å². The minimum absolute atomic E-state index is 0.186. The highest BCUT2D eigenvalue weighted by Gasteiger charge is 2.16. The Morgan fingerprint density at radius 1 is 0.968 bits per heavy atom. The Hall–Kier alpha value is -4.27. The van der Waals surface area contributed by atoms with E-state index in [2.05, 4.69) is 25.8 Å². The van der Waals surface area contributed by atoms with E-state index in [4.69, 9.17) is 0 Å². The number of urea groups is 1. The normalized spacial score (nSPS) is 10.7. The standard InChI is InChI=1S/C22H19FN6O2/c1-29(2)22(31)26-17-8-14(11-24-12-17)13-6-7-19-18(9-13)20(28-27-19)21(30)25-16-5-3-4-15(23)10-16/h3-12H,1-2H3,(H,25,30)(H,26,31)(H,27,28). The number of carbonyl (C=O) groups is 2. The first-order valence-electron chi connectivity index (χ1n) is 9.39. The van der Waals surface area contributed by atoms with E-state index in [1.54, 1.807) is 38.6 Å². The number of nitrogens with zero attached hydrogens (tertiary/aromatic N) is 3. The number of H-pyrrole nitrogens is 1. The van der Waals surface area contributed by atoms with Crippen molar-refractivity contribution in [2.75, 3.05) is 24.7 Å². The van der Waals surface area contributed by atoms with Crippen LogP contribution in [-0.2, 0) is 0 Å². The quantitative estimate of drug-likeness (QED) is 0.464. The molecule has 0 saturated carbocycles. The average Bonchev–Trinajstić information content (AvgIpc) is 3.17. The molecule has 0 saturated heterocycles. The third kappa shape index (κ3) is 4.35. The second kappa shape index (κ2) is 8.23. The number of carbonyl (C=O) groups excluding carboxylic acids is 2. The van der Waals surface area contributed by atoms with Gasteiger partial charge in [-0.1, -0.05) is 12.1 Å². The summed E-state index contributed by atoms with van der Waals surface area (Å²) < 4.78 is 13.4. The fourth-order valence-corrected chi connectivity index (χ4v) is 3.02. The lowest BCUT2D eigenvalue weighted by atomic mass is 10.0. The highest BCUT2D eigenvalue weighted by atomic mass is 19.1. The van der Waals surface area contributed by atoms with Crippen molar-refractivity contribution in [3.8, 4) is 11.1 Å². The van der Waals surface area contributed by atoms with Crippen molar-refractivity contribution in [3.63, 3.8) is 0 Å². The molecule has 0 atom stereocenters. The third-order valence-corrected chi connectivity index (χ3v) is 4.59. The molecule has 0 aliphatic heterocycles. The molecule has 4 rings (SSSR count). The second-order valence-corrected chi connectivity index (χ2v) is 7.08. The summed E-state index contributed by atoms with van der Waals surface area (Å²) in [6.07, 6.45) is 3.22. The summed E-state index contributed by atoms with van der Waals surface area (Å²) in [5, 5.41) is 13.0. The van der Waals surface area contributed by atoms with Gasteiger partial charge in [-0.3, -0.25) is 14.9 Å². The molecular formula is C22H19FN6O2. The fraction of sp³-hybridized carbons (Fsp3) is 0.0909. The molecule has 31 heavy (non-hydrogen) atoms. The Kier molecular flexibility index (Phi) is 5.31. The largest absolute Gasteiger partial charge is 0.331 e. The molecule has 3 N–H and O–H groups in total. The predicted octanol–water partition coefficient (Wildman–Crippen LogP) is 4.11. The van der Waals surface area contributed by atoms with Gasteiger partial charge in [-0.05, 0) is 42.0 Å². The van der Waals surface area contributed by atoms with Crippen molar-refractivity contribution in [1.82, 2.24) is 20.1 Å². The molecule has 156 valence electrons. The molecule has 0 bridgehead atoms. The number of fused-ring (bicyclic) bond motifs is 1. The number of amides is 3. The summed E-state index contributed by atoms with van der Waals surface area (Å²) in [7, 11) is 3.30. The number of hydrogen-bond donors (Lipinski definition) is 3. The maximum Gasteiger partial charge on any atom is 0.321 e. The molecule has 0 radical (unpaired) electrons. The monoisotopic (exact) mass is 418 g/mol. The lowest BCUT2D eigenvalue weighted by molar-refractivity contribution is 0.102. The summed E-state index contributed by atoms with van der Waals surface area (Å²) in [6, 6.07) is 12.7. The topological polar surface area (TPSA) is 103 Å². The van der Waals surface area contributed by atoms with Gasteiger partial charge in [0.1, 0.15) is 5.82 Å². The number of benzene rings is 2. The highest BCUT2D eigenvalue weighted by molar-refractivity contribution is 6.11. The first kappa shape index (κ1) is 20.0. The molecule has 4 aromatic rings. The van der Waals surface area contributed by atoms with E-state index in [0.29, 0.717) is 22.3 Å². The molecule has 0 spiro atoms. The van der Waals surface area contributed by atoms with Crippen LogP contribution in [0.5, 0.6) is 0 Å². The van der Waals surface area contributed by atoms with Crippen LogP contribution in [-0.4, -0.2) is 46.1 Å². The Morgan fingerprint density at radius 3 is 2.58 bits per heavy atom. The van der Waals surface area contributed by atoms with E-state index in [0.717, 1.165) is 11.1 Å². The lowest BCUT2D eigenvalue weighted by Gasteiger charge is -2.12. The molecule has 0 aliphatic rings. The molecule has 9 heteroatoms. The van der Waals surface area contributed by atoms with Crippen LogP contribution in [0.25, 0.3) is 22.0 Å². The molecule has 0 unspecified atom stereocenters. The van der Waals surface area contributed by atoms with Gasteiger partial charge in [0.15, 0.2) is 5.69 Å². The minimum atomic E-state index is -0.459. The van der Waals surface area contributed by atoms with Gasteiger partial charge in [0, 0.05) is 36.9 Å². The van der Waals surface area contributed by atoms with E-state index in [9.17, 15) is 14.0 Å². The SMILES string of the molecule is CN(C)C(=O)Nc1cncc(-c2ccc3[nH]nc(C(=O)Nc4cccc(F)c4)c3c2)c1. The number of aromatic amines is 1. The summed E-state index contributed by atoms with van der Waals surface area (Å²) in [4.78, 5) is 30.2. The minimum Gasteiger partial charge on any atom is -0.331 e. The number of anilines is 2. The van der Waals surface area contributed by atoms with Gasteiger partial charge in [0.05, 0.1) is 17.4 Å². The van der Waals surface area contributed by atoms with Crippen molar-refractivity contribution in [3.05, 3.63) is 72.4 Å². The van der Waals surface area contributed by atoms with Gasteiger partial charge in [-0.25, -0.2) is 9.18 Å². The summed E-state index contributed by atoms with van der Waals surface area (Å²) >= 11 is 0. The van der Waals surface area contributed by atoms with Crippen LogP contribution in [0, 0.1) is 5.82 Å². The Morgan fingerprint density at radius 2 is 1.81 bits per heavy atom. The van der Waals surface area contributed by atoms with Gasteiger partial charge in [0.2, 0.25) is 0 Å². The number of aromatic nitrogens is 3. The zero-order valence-electron chi connectivity index (χ0n) is 16.8. The number of pyridine rings is 1. The zero-order valence-corrected chi connectivity index (χ0v) is 16.8. The van der Waals surface area contributed by atoms with E-state index in [1.165, 1.54) is 23.1 Å². The summed E-state index contributed by atoms with van der Waals surface area (Å²) in [5.74, 6) is -0.903. The maximum absolute atomic E-state index is 13.4. The number of nitrogens with one attached hydrogen (secondary N) is 3. The van der Waals surface area contributed by atoms with Gasteiger partial charge < -0.3 is 15.5 Å². The van der Waals surface area contributed by atoms with E-state index in [-0.39, 0.29) is 11.7 Å². The van der Waals surface area contributed by atoms with Crippen molar-refractivity contribution in [1.29, 1.82) is 0 Å². The van der Waals surface area contributed by atoms with E-state index >= 15 is 0 Å². The molecule has 2 aromatic carbocycles. The van der Waals surface area contributed by atoms with Gasteiger partial charge in [0.25, 0.3) is 5.91 Å². The van der Waals surface area contributed by atoms with Crippen molar-refractivity contribution in [2.24, 2.45) is 0 Å². The van der Waals surface area contributed by atoms with Gasteiger partial charge in [-0.2, -0.15) is 5.10 Å². The molecule has 8 nitrogen and oxygen atoms in total. The van der Waals surface area contributed by atoms with Crippen molar-refractivity contribution in [2.45, 2.75) is 0 Å². The average molecular weight is 418 g/mol. The van der Waals surface area contributed by atoms with Crippen LogP contribution >= 0.6 is 0 Å². The molecule has 3 amide bonds. The fourth-order valence-electron chi connectivity index (χ4n) is 3.02. The first-order valence-corrected chi connectivity index (χ1v) is 9.39. The smallest absolute Gasteiger partial charge is 0.321 e. The predicted molar refractivity (Wildman–Crippen MR) is 116 cm³/mol. The van der Waals surface area contributed by atoms with E-state index in [1.807, 2.05) is 18.2 Å². The summed E-state index contributed by atoms with van der Waals surface area (Å²) in [6.45, 7) is 0. The first-order chi connectivity index (χ1) is 14.9. The Labute approximate surface area is 177 Å². The van der Waals surface area contributed by atoms with Gasteiger partial charge >= 0.3 is 6.03 Å². The Bertz CT molecular complexity index is 1280. The van der Waals surface area contributed by atoms with Crippen LogP contribution < -0.4 is 10.6 Å². The summed E-state index contributed by atoms with van der Waals surface area (Å²) in [5.41, 5.74) is 3.31.